The van der Waals surface area contributed by atoms with E-state index < -0.39 is 5.54 Å². The summed E-state index contributed by atoms with van der Waals surface area (Å²) in [6.45, 7) is 4.61. The highest BCUT2D eigenvalue weighted by Gasteiger charge is 2.38. The summed E-state index contributed by atoms with van der Waals surface area (Å²) in [7, 11) is 0. The molecular weight excluding hydrogens is 304 g/mol. The van der Waals surface area contributed by atoms with Gasteiger partial charge < -0.3 is 20.5 Å². The normalized spacial score (nSPS) is 23.4. The molecule has 3 N–H and O–H groups in total. The molecule has 0 aromatic rings. The summed E-state index contributed by atoms with van der Waals surface area (Å²) >= 11 is 0. The van der Waals surface area contributed by atoms with Crippen molar-refractivity contribution >= 4 is 18.3 Å². The van der Waals surface area contributed by atoms with E-state index in [4.69, 9.17) is 15.2 Å². The van der Waals surface area contributed by atoms with Crippen molar-refractivity contribution < 1.29 is 14.3 Å². The molecular formula is C16H31ClN2O3. The molecule has 130 valence electrons. The average Bonchev–Trinajstić information content (AvgIpc) is 2.52. The lowest BCUT2D eigenvalue weighted by Crippen LogP contribution is -2.59. The molecule has 1 amide bonds. The summed E-state index contributed by atoms with van der Waals surface area (Å²) < 4.78 is 11.4. The Labute approximate surface area is 140 Å². The van der Waals surface area contributed by atoms with Crippen LogP contribution in [0.1, 0.15) is 58.3 Å². The molecule has 1 aliphatic heterocycles. The zero-order valence-electron chi connectivity index (χ0n) is 13.7. The van der Waals surface area contributed by atoms with E-state index in [0.717, 1.165) is 25.9 Å². The Morgan fingerprint density at radius 2 is 1.82 bits per heavy atom. The molecule has 1 heterocycles. The first kappa shape index (κ1) is 19.7. The van der Waals surface area contributed by atoms with Gasteiger partial charge in [0.05, 0.1) is 11.1 Å². The second-order valence-corrected chi connectivity index (χ2v) is 6.54. The van der Waals surface area contributed by atoms with Crippen LogP contribution in [0.2, 0.25) is 0 Å². The second kappa shape index (κ2) is 9.06. The van der Waals surface area contributed by atoms with Crippen LogP contribution in [0.3, 0.4) is 0 Å². The Bertz CT molecular complexity index is 340. The lowest BCUT2D eigenvalue weighted by atomic mass is 9.83. The summed E-state index contributed by atoms with van der Waals surface area (Å²) in [5.74, 6) is -0.0455. The van der Waals surface area contributed by atoms with Gasteiger partial charge in [-0.15, -0.1) is 12.4 Å². The van der Waals surface area contributed by atoms with Gasteiger partial charge in [-0.05, 0) is 32.1 Å². The molecule has 0 atom stereocenters. The third-order valence-corrected chi connectivity index (χ3v) is 4.79. The Hall–Kier alpha value is -0.360. The summed E-state index contributed by atoms with van der Waals surface area (Å²) in [6, 6.07) is 0. The summed E-state index contributed by atoms with van der Waals surface area (Å²) in [5.41, 5.74) is 5.29. The fraction of sp³-hybridized carbons (Fsp3) is 0.938. The predicted octanol–water partition coefficient (Wildman–Crippen LogP) is 2.16. The minimum atomic E-state index is -0.765. The molecule has 0 radical (unpaired) electrons. The van der Waals surface area contributed by atoms with Gasteiger partial charge in [0.1, 0.15) is 0 Å². The standard InChI is InChI=1S/C16H30N2O3.ClH/c1-2-10-21-15(6-4-3-5-7-15)13-18-14(19)16(17)8-11-20-12-9-16;/h2-13,17H2,1H3,(H,18,19);1H. The number of hydrogen-bond acceptors (Lipinski definition) is 4. The van der Waals surface area contributed by atoms with Crippen molar-refractivity contribution in [2.45, 2.75) is 69.4 Å². The van der Waals surface area contributed by atoms with E-state index in [2.05, 4.69) is 12.2 Å². The maximum absolute atomic E-state index is 12.4. The minimum absolute atomic E-state index is 0. The van der Waals surface area contributed by atoms with Crippen LogP contribution < -0.4 is 11.1 Å². The van der Waals surface area contributed by atoms with Gasteiger partial charge in [-0.2, -0.15) is 0 Å². The Morgan fingerprint density at radius 3 is 2.41 bits per heavy atom. The summed E-state index contributed by atoms with van der Waals surface area (Å²) in [6.07, 6.45) is 7.91. The Morgan fingerprint density at radius 1 is 1.18 bits per heavy atom. The fourth-order valence-electron chi connectivity index (χ4n) is 3.27. The van der Waals surface area contributed by atoms with Crippen molar-refractivity contribution in [3.63, 3.8) is 0 Å². The number of nitrogens with one attached hydrogen (secondary N) is 1. The predicted molar refractivity (Wildman–Crippen MR) is 89.3 cm³/mol. The summed E-state index contributed by atoms with van der Waals surface area (Å²) in [4.78, 5) is 12.4. The summed E-state index contributed by atoms with van der Waals surface area (Å²) in [5, 5.41) is 3.07. The second-order valence-electron chi connectivity index (χ2n) is 6.54. The van der Waals surface area contributed by atoms with Gasteiger partial charge >= 0.3 is 0 Å². The van der Waals surface area contributed by atoms with Gasteiger partial charge in [0.15, 0.2) is 0 Å². The molecule has 22 heavy (non-hydrogen) atoms. The zero-order chi connectivity index (χ0) is 15.2. The molecule has 1 saturated heterocycles. The maximum Gasteiger partial charge on any atom is 0.240 e. The zero-order valence-corrected chi connectivity index (χ0v) is 14.5. The lowest BCUT2D eigenvalue weighted by molar-refractivity contribution is -0.132. The Kier molecular flexibility index (Phi) is 8.11. The molecule has 0 aromatic carbocycles. The number of amides is 1. The molecule has 1 aliphatic carbocycles. The van der Waals surface area contributed by atoms with E-state index in [9.17, 15) is 4.79 Å². The molecule has 0 unspecified atom stereocenters. The van der Waals surface area contributed by atoms with Crippen LogP contribution in [0.15, 0.2) is 0 Å². The van der Waals surface area contributed by atoms with Gasteiger partial charge in [-0.3, -0.25) is 4.79 Å². The molecule has 2 fully saturated rings. The van der Waals surface area contributed by atoms with Crippen LogP contribution in [-0.4, -0.2) is 43.4 Å². The quantitative estimate of drug-likeness (QED) is 0.780. The lowest BCUT2D eigenvalue weighted by Gasteiger charge is -2.39. The van der Waals surface area contributed by atoms with E-state index in [-0.39, 0.29) is 23.9 Å². The van der Waals surface area contributed by atoms with Crippen molar-refractivity contribution in [1.29, 1.82) is 0 Å². The van der Waals surface area contributed by atoms with Crippen molar-refractivity contribution in [3.8, 4) is 0 Å². The number of hydrogen-bond donors (Lipinski definition) is 2. The number of carbonyl (C=O) groups excluding carboxylic acids is 1. The third-order valence-electron chi connectivity index (χ3n) is 4.79. The van der Waals surface area contributed by atoms with Crippen molar-refractivity contribution in [2.75, 3.05) is 26.4 Å². The molecule has 5 nitrogen and oxygen atoms in total. The highest BCUT2D eigenvalue weighted by Crippen LogP contribution is 2.31. The number of ether oxygens (including phenoxy) is 2. The number of halogens is 1. The van der Waals surface area contributed by atoms with Gasteiger partial charge in [0.25, 0.3) is 0 Å². The topological polar surface area (TPSA) is 73.6 Å². The first-order valence-corrected chi connectivity index (χ1v) is 8.39. The highest BCUT2D eigenvalue weighted by atomic mass is 35.5. The minimum Gasteiger partial charge on any atom is -0.381 e. The van der Waals surface area contributed by atoms with Gasteiger partial charge in [-0.25, -0.2) is 0 Å². The number of nitrogens with two attached hydrogens (primary N) is 1. The van der Waals surface area contributed by atoms with Gasteiger partial charge in [0, 0.05) is 26.4 Å². The largest absolute Gasteiger partial charge is 0.381 e. The first-order valence-electron chi connectivity index (χ1n) is 8.39. The fourth-order valence-corrected chi connectivity index (χ4v) is 3.27. The van der Waals surface area contributed by atoms with Crippen LogP contribution in [-0.2, 0) is 14.3 Å². The van der Waals surface area contributed by atoms with E-state index in [1.807, 2.05) is 0 Å². The first-order chi connectivity index (χ1) is 10.1. The SMILES string of the molecule is CCCOC1(CNC(=O)C2(N)CCOCC2)CCCCC1.Cl. The molecule has 2 aliphatic rings. The van der Waals surface area contributed by atoms with Gasteiger partial charge in [0.2, 0.25) is 5.91 Å². The smallest absolute Gasteiger partial charge is 0.240 e. The van der Waals surface area contributed by atoms with E-state index in [1.54, 1.807) is 0 Å². The van der Waals surface area contributed by atoms with Crippen LogP contribution in [0.5, 0.6) is 0 Å². The highest BCUT2D eigenvalue weighted by molar-refractivity contribution is 5.86. The van der Waals surface area contributed by atoms with Crippen molar-refractivity contribution in [2.24, 2.45) is 5.73 Å². The van der Waals surface area contributed by atoms with E-state index >= 15 is 0 Å². The number of rotatable bonds is 6. The van der Waals surface area contributed by atoms with Crippen molar-refractivity contribution in [1.82, 2.24) is 5.32 Å². The van der Waals surface area contributed by atoms with E-state index in [1.165, 1.54) is 19.3 Å². The van der Waals surface area contributed by atoms with Gasteiger partial charge in [-0.1, -0.05) is 26.2 Å². The molecule has 0 bridgehead atoms. The van der Waals surface area contributed by atoms with E-state index in [0.29, 0.717) is 32.6 Å². The van der Waals surface area contributed by atoms with Crippen LogP contribution in [0.4, 0.5) is 0 Å². The number of carbonyl (C=O) groups is 1. The van der Waals surface area contributed by atoms with Crippen LogP contribution in [0, 0.1) is 0 Å². The molecule has 6 heteroatoms. The average molecular weight is 335 g/mol. The maximum atomic E-state index is 12.4. The van der Waals surface area contributed by atoms with Crippen molar-refractivity contribution in [3.05, 3.63) is 0 Å². The Balaban J connectivity index is 0.00000242. The molecule has 0 aromatic heterocycles. The molecule has 0 spiro atoms. The van der Waals surface area contributed by atoms with Crippen LogP contribution >= 0.6 is 12.4 Å². The monoisotopic (exact) mass is 334 g/mol. The molecule has 2 rings (SSSR count). The van der Waals surface area contributed by atoms with Crippen LogP contribution in [0.25, 0.3) is 0 Å². The molecule has 1 saturated carbocycles. The third kappa shape index (κ3) is 5.08.